The summed E-state index contributed by atoms with van der Waals surface area (Å²) in [7, 11) is 0. The summed E-state index contributed by atoms with van der Waals surface area (Å²) in [6.07, 6.45) is 25.1. The van der Waals surface area contributed by atoms with Crippen LogP contribution in [0.15, 0.2) is 6.20 Å². The Balaban J connectivity index is 0.000000204. The Morgan fingerprint density at radius 2 is 1.21 bits per heavy atom. The van der Waals surface area contributed by atoms with Crippen molar-refractivity contribution >= 4 is 45.7 Å². The topological polar surface area (TPSA) is 13.1 Å². The third kappa shape index (κ3) is 7.42. The van der Waals surface area contributed by atoms with Gasteiger partial charge in [-0.15, -0.1) is 0 Å². The fourth-order valence-corrected chi connectivity index (χ4v) is 7.89. The van der Waals surface area contributed by atoms with Crippen LogP contribution in [0.5, 0.6) is 0 Å². The Hall–Kier alpha value is 1.32. The van der Waals surface area contributed by atoms with Gasteiger partial charge in [0.25, 0.3) is 0 Å². The maximum atomic E-state index is 2.63. The van der Waals surface area contributed by atoms with Crippen LogP contribution in [-0.4, -0.2) is 16.5 Å². The van der Waals surface area contributed by atoms with Gasteiger partial charge in [0.05, 0.1) is 0 Å². The van der Waals surface area contributed by atoms with Crippen LogP contribution in [0.25, 0.3) is 0 Å². The van der Waals surface area contributed by atoms with E-state index >= 15 is 0 Å². The predicted molar refractivity (Wildman–Crippen MR) is 136 cm³/mol. The molecule has 1 aromatic heterocycles. The fraction of sp³-hybridized carbons (Fsp3) is 0.870. The van der Waals surface area contributed by atoms with Gasteiger partial charge in [0, 0.05) is 51.8 Å². The maximum Gasteiger partial charge on any atom is 0.0311 e. The van der Waals surface area contributed by atoms with E-state index in [1.807, 2.05) is 0 Å². The summed E-state index contributed by atoms with van der Waals surface area (Å²) in [4.78, 5) is 0. The Kier molecular flexibility index (Phi) is 11.3. The van der Waals surface area contributed by atoms with E-state index in [0.717, 1.165) is 18.1 Å². The minimum absolute atomic E-state index is 0.768. The molecule has 0 unspecified atom stereocenters. The van der Waals surface area contributed by atoms with Crippen molar-refractivity contribution in [3.63, 3.8) is 0 Å². The van der Waals surface area contributed by atoms with Gasteiger partial charge in [0.2, 0.25) is 0 Å². The van der Waals surface area contributed by atoms with Crippen molar-refractivity contribution in [3.05, 3.63) is 15.7 Å². The second kappa shape index (κ2) is 13.1. The van der Waals surface area contributed by atoms with Gasteiger partial charge in [-0.2, -0.15) is 1.33 Å². The molecule has 0 spiro atoms. The Labute approximate surface area is 217 Å². The number of halogens is 2. The molecule has 6 heteroatoms. The van der Waals surface area contributed by atoms with E-state index in [9.17, 15) is 0 Å². The average Bonchev–Trinajstić information content (AvgIpc) is 2.92. The summed E-state index contributed by atoms with van der Waals surface area (Å²) in [5, 5.41) is 0. The Morgan fingerprint density at radius 1 is 0.759 bits per heavy atom. The molecule has 3 fully saturated rings. The first-order chi connectivity index (χ1) is 14.1. The zero-order valence-electron chi connectivity index (χ0n) is 18.0. The van der Waals surface area contributed by atoms with Crippen molar-refractivity contribution in [1.29, 1.82) is 0 Å². The first-order valence-electron chi connectivity index (χ1n) is 11.9. The molecule has 29 heavy (non-hydrogen) atoms. The van der Waals surface area contributed by atoms with Gasteiger partial charge in [-0.1, -0.05) is 25.7 Å². The molecule has 4 rings (SSSR count). The standard InChI is InChI=1S/C16H26N2.C7H13I2N.Pt/c1-14-12-17(15-8-4-2-5-9-15)13-18(14)16-10-6-3-7-11-16;8-10(9)7-5-3-1-2-4-6-7;/h12,15-16H,2-11H2,1H3;7H,1-6H2;. The fourth-order valence-electron chi connectivity index (χ4n) is 5.40. The Bertz CT molecular complexity index is 650. The van der Waals surface area contributed by atoms with Crippen LogP contribution in [-0.2, 0) is 19.4 Å². The van der Waals surface area contributed by atoms with Gasteiger partial charge in [-0.05, 0) is 12.8 Å². The summed E-state index contributed by atoms with van der Waals surface area (Å²) in [5.41, 5.74) is 1.47. The molecule has 0 N–H and O–H groups in total. The van der Waals surface area contributed by atoms with E-state index in [0.29, 0.717) is 0 Å². The van der Waals surface area contributed by atoms with Gasteiger partial charge in [-0.3, -0.25) is 0 Å². The van der Waals surface area contributed by atoms with E-state index in [4.69, 9.17) is 0 Å². The van der Waals surface area contributed by atoms with Crippen molar-refractivity contribution in [1.82, 2.24) is 10.5 Å². The smallest absolute Gasteiger partial charge is 0.0311 e. The van der Waals surface area contributed by atoms with Crippen molar-refractivity contribution in [2.75, 3.05) is 0 Å². The molecule has 3 aliphatic rings. The molecule has 0 aliphatic heterocycles. The monoisotopic (exact) mass is 806 g/mol. The van der Waals surface area contributed by atoms with Crippen LogP contribution in [0.3, 0.4) is 0 Å². The minimum Gasteiger partial charge on any atom is -0.185 e. The minimum atomic E-state index is 0.768. The summed E-state index contributed by atoms with van der Waals surface area (Å²) in [5.74, 6) is 0. The van der Waals surface area contributed by atoms with Crippen molar-refractivity contribution in [2.24, 2.45) is 0 Å². The summed E-state index contributed by atoms with van der Waals surface area (Å²) >= 11 is 7.37. The molecular weight excluding hydrogens is 767 g/mol. The molecule has 0 aromatic carbocycles. The second-order valence-corrected chi connectivity index (χ2v) is 14.2. The summed E-state index contributed by atoms with van der Waals surface area (Å²) < 4.78 is 9.03. The number of aryl methyl sites for hydroxylation is 1. The molecule has 0 saturated heterocycles. The first-order valence-corrected chi connectivity index (χ1v) is 15.0. The first kappa shape index (κ1) is 25.0. The quantitative estimate of drug-likeness (QED) is 0.170. The van der Waals surface area contributed by atoms with Crippen molar-refractivity contribution < 1.29 is 19.4 Å². The maximum absolute atomic E-state index is 2.63. The van der Waals surface area contributed by atoms with E-state index in [1.54, 1.807) is 0 Å². The zero-order chi connectivity index (χ0) is 20.6. The number of rotatable bonds is 3. The SMILES string of the molecule is Cc1cn(C2CCCCC2)[c](=[Pt])n1C1CCCCC1.IN(I)C1CCCCCC1. The van der Waals surface area contributed by atoms with Gasteiger partial charge in [0.1, 0.15) is 0 Å². The second-order valence-electron chi connectivity index (χ2n) is 9.28. The molecular formula is C23H39I2N3Pt. The van der Waals surface area contributed by atoms with Gasteiger partial charge >= 0.3 is 127 Å². The van der Waals surface area contributed by atoms with E-state index < -0.39 is 0 Å². The normalized spacial score (nSPS) is 23.0. The van der Waals surface area contributed by atoms with Crippen LogP contribution >= 0.6 is 45.7 Å². The zero-order valence-corrected chi connectivity index (χ0v) is 24.6. The molecule has 3 nitrogen and oxygen atoms in total. The van der Waals surface area contributed by atoms with E-state index in [2.05, 4.69) is 88.7 Å². The predicted octanol–water partition coefficient (Wildman–Crippen LogP) is 8.40. The van der Waals surface area contributed by atoms with Crippen LogP contribution in [0.2, 0.25) is 0 Å². The molecule has 0 atom stereocenters. The van der Waals surface area contributed by atoms with Crippen molar-refractivity contribution in [2.45, 2.75) is 128 Å². The van der Waals surface area contributed by atoms with Crippen LogP contribution in [0, 0.1) is 10.7 Å². The molecule has 0 amide bonds. The number of aromatic nitrogens is 2. The summed E-state index contributed by atoms with van der Waals surface area (Å²) in [6, 6.07) is 2.39. The van der Waals surface area contributed by atoms with Gasteiger partial charge in [-0.25, -0.2) is 0 Å². The number of nitrogens with zero attached hydrogens (tertiary/aromatic N) is 3. The number of hydrogen-bond acceptors (Lipinski definition) is 1. The molecule has 1 aromatic rings. The molecule has 3 saturated carbocycles. The molecule has 170 valence electrons. The van der Waals surface area contributed by atoms with E-state index in [-0.39, 0.29) is 0 Å². The molecule has 0 bridgehead atoms. The third-order valence-electron chi connectivity index (χ3n) is 7.10. The molecule has 0 radical (unpaired) electrons. The molecule has 1 heterocycles. The van der Waals surface area contributed by atoms with Crippen molar-refractivity contribution in [3.8, 4) is 0 Å². The van der Waals surface area contributed by atoms with Crippen LogP contribution in [0.4, 0.5) is 0 Å². The average molecular weight is 806 g/mol. The van der Waals surface area contributed by atoms with Crippen LogP contribution in [0.1, 0.15) is 121 Å². The van der Waals surface area contributed by atoms with E-state index in [1.165, 1.54) is 112 Å². The Morgan fingerprint density at radius 3 is 1.72 bits per heavy atom. The number of hydrogen-bond donors (Lipinski definition) is 0. The third-order valence-corrected chi connectivity index (χ3v) is 9.81. The van der Waals surface area contributed by atoms with Gasteiger partial charge < -0.3 is 0 Å². The molecule has 3 aliphatic carbocycles. The van der Waals surface area contributed by atoms with Gasteiger partial charge in [0.15, 0.2) is 0 Å². The largest absolute Gasteiger partial charge is 0.185 e. The summed E-state index contributed by atoms with van der Waals surface area (Å²) in [6.45, 7) is 2.30. The van der Waals surface area contributed by atoms with Crippen LogP contribution < -0.4 is 0 Å². The number of imidazole rings is 1.